The Bertz CT molecular complexity index is 255. The minimum atomic E-state index is 0.739. The van der Waals surface area contributed by atoms with Crippen LogP contribution in [0.3, 0.4) is 0 Å². The van der Waals surface area contributed by atoms with Gasteiger partial charge in [0.25, 0.3) is 0 Å². The summed E-state index contributed by atoms with van der Waals surface area (Å²) in [4.78, 5) is 6.88. The minimum Gasteiger partial charge on any atom is -0.356 e. The smallest absolute Gasteiger partial charge is 0.190 e. The van der Waals surface area contributed by atoms with Crippen molar-refractivity contribution in [2.75, 3.05) is 39.8 Å². The van der Waals surface area contributed by atoms with E-state index in [9.17, 15) is 0 Å². The van der Waals surface area contributed by atoms with Gasteiger partial charge in [0.15, 0.2) is 5.96 Å². The van der Waals surface area contributed by atoms with Crippen LogP contribution in [0.5, 0.6) is 0 Å². The first-order chi connectivity index (χ1) is 9.72. The lowest BCUT2D eigenvalue weighted by Gasteiger charge is -2.20. The van der Waals surface area contributed by atoms with Crippen LogP contribution >= 0.6 is 0 Å². The van der Waals surface area contributed by atoms with E-state index in [1.54, 1.807) is 0 Å². The minimum absolute atomic E-state index is 0.739. The zero-order valence-corrected chi connectivity index (χ0v) is 13.7. The fourth-order valence-corrected chi connectivity index (χ4v) is 2.57. The van der Waals surface area contributed by atoms with E-state index in [-0.39, 0.29) is 0 Å². The Kier molecular flexibility index (Phi) is 9.46. The molecule has 0 atom stereocenters. The van der Waals surface area contributed by atoms with Gasteiger partial charge in [0.1, 0.15) is 0 Å². The van der Waals surface area contributed by atoms with Gasteiger partial charge in [-0.05, 0) is 51.2 Å². The number of nitrogens with zero attached hydrogens (tertiary/aromatic N) is 2. The molecule has 0 radical (unpaired) electrons. The first-order valence-electron chi connectivity index (χ1n) is 8.39. The standard InChI is InChI=1S/C16H34N4/c1-15(2)9-11-19-16(17-3)18-10-8-14-20-12-6-4-5-7-13-20/h15H,4-14H2,1-3H3,(H2,17,18,19). The third-order valence-corrected chi connectivity index (χ3v) is 3.88. The van der Waals surface area contributed by atoms with Crippen molar-refractivity contribution >= 4 is 5.96 Å². The number of nitrogens with one attached hydrogen (secondary N) is 2. The summed E-state index contributed by atoms with van der Waals surface area (Å²) >= 11 is 0. The molecule has 1 saturated heterocycles. The molecule has 2 N–H and O–H groups in total. The summed E-state index contributed by atoms with van der Waals surface area (Å²) in [5, 5.41) is 6.79. The second-order valence-corrected chi connectivity index (χ2v) is 6.22. The largest absolute Gasteiger partial charge is 0.356 e. The van der Waals surface area contributed by atoms with Gasteiger partial charge in [0.2, 0.25) is 0 Å². The van der Waals surface area contributed by atoms with Crippen molar-refractivity contribution in [3.8, 4) is 0 Å². The second kappa shape index (κ2) is 11.0. The molecule has 118 valence electrons. The van der Waals surface area contributed by atoms with Crippen LogP contribution in [0.25, 0.3) is 0 Å². The van der Waals surface area contributed by atoms with E-state index in [0.717, 1.165) is 25.0 Å². The van der Waals surface area contributed by atoms with Crippen LogP contribution < -0.4 is 10.6 Å². The second-order valence-electron chi connectivity index (χ2n) is 6.22. The maximum Gasteiger partial charge on any atom is 0.190 e. The van der Waals surface area contributed by atoms with Gasteiger partial charge in [0.05, 0.1) is 0 Å². The summed E-state index contributed by atoms with van der Waals surface area (Å²) < 4.78 is 0. The maximum absolute atomic E-state index is 4.27. The van der Waals surface area contributed by atoms with E-state index in [2.05, 4.69) is 34.4 Å². The number of guanidine groups is 1. The fraction of sp³-hybridized carbons (Fsp3) is 0.938. The van der Waals surface area contributed by atoms with E-state index in [1.165, 1.54) is 58.2 Å². The van der Waals surface area contributed by atoms with Crippen LogP contribution in [-0.2, 0) is 0 Å². The zero-order chi connectivity index (χ0) is 14.6. The number of rotatable bonds is 7. The highest BCUT2D eigenvalue weighted by molar-refractivity contribution is 5.79. The molecule has 0 amide bonds. The van der Waals surface area contributed by atoms with E-state index >= 15 is 0 Å². The van der Waals surface area contributed by atoms with Gasteiger partial charge < -0.3 is 15.5 Å². The fourth-order valence-electron chi connectivity index (χ4n) is 2.57. The van der Waals surface area contributed by atoms with Gasteiger partial charge in [-0.15, -0.1) is 0 Å². The van der Waals surface area contributed by atoms with Gasteiger partial charge in [-0.25, -0.2) is 0 Å². The average molecular weight is 282 g/mol. The number of aliphatic imine (C=N–C) groups is 1. The molecule has 1 aliphatic rings. The van der Waals surface area contributed by atoms with Crippen LogP contribution in [-0.4, -0.2) is 50.6 Å². The Hall–Kier alpha value is -0.770. The zero-order valence-electron chi connectivity index (χ0n) is 13.7. The predicted molar refractivity (Wildman–Crippen MR) is 88.3 cm³/mol. The lowest BCUT2D eigenvalue weighted by Crippen LogP contribution is -2.39. The van der Waals surface area contributed by atoms with Crippen LogP contribution in [0.1, 0.15) is 52.4 Å². The molecule has 4 heteroatoms. The summed E-state index contributed by atoms with van der Waals surface area (Å²) in [6, 6.07) is 0. The average Bonchev–Trinajstić information content (AvgIpc) is 2.69. The molecule has 0 unspecified atom stereocenters. The summed E-state index contributed by atoms with van der Waals surface area (Å²) in [6.07, 6.45) is 7.99. The Morgan fingerprint density at radius 3 is 2.30 bits per heavy atom. The Morgan fingerprint density at radius 1 is 1.05 bits per heavy atom. The number of hydrogen-bond donors (Lipinski definition) is 2. The molecule has 0 spiro atoms. The molecule has 0 aromatic heterocycles. The highest BCUT2D eigenvalue weighted by Gasteiger charge is 2.08. The summed E-state index contributed by atoms with van der Waals surface area (Å²) in [6.45, 7) is 10.3. The molecule has 0 aromatic carbocycles. The summed E-state index contributed by atoms with van der Waals surface area (Å²) in [5.74, 6) is 1.69. The van der Waals surface area contributed by atoms with E-state index in [0.29, 0.717) is 0 Å². The topological polar surface area (TPSA) is 39.7 Å². The van der Waals surface area contributed by atoms with Crippen molar-refractivity contribution in [1.29, 1.82) is 0 Å². The van der Waals surface area contributed by atoms with Crippen molar-refractivity contribution in [2.45, 2.75) is 52.4 Å². The number of hydrogen-bond acceptors (Lipinski definition) is 2. The summed E-state index contributed by atoms with van der Waals surface area (Å²) in [7, 11) is 1.85. The highest BCUT2D eigenvalue weighted by atomic mass is 15.2. The van der Waals surface area contributed by atoms with Crippen molar-refractivity contribution in [3.63, 3.8) is 0 Å². The Labute approximate surface area is 125 Å². The Balaban J connectivity index is 2.05. The van der Waals surface area contributed by atoms with Crippen molar-refractivity contribution in [3.05, 3.63) is 0 Å². The summed E-state index contributed by atoms with van der Waals surface area (Å²) in [5.41, 5.74) is 0. The first-order valence-corrected chi connectivity index (χ1v) is 8.39. The molecule has 0 aromatic rings. The quantitative estimate of drug-likeness (QED) is 0.428. The van der Waals surface area contributed by atoms with Crippen LogP contribution in [0.2, 0.25) is 0 Å². The van der Waals surface area contributed by atoms with Gasteiger partial charge in [-0.3, -0.25) is 4.99 Å². The molecule has 20 heavy (non-hydrogen) atoms. The van der Waals surface area contributed by atoms with Gasteiger partial charge in [0, 0.05) is 20.1 Å². The molecular weight excluding hydrogens is 248 g/mol. The third-order valence-electron chi connectivity index (χ3n) is 3.88. The normalized spacial score (nSPS) is 18.1. The maximum atomic E-state index is 4.27. The monoisotopic (exact) mass is 282 g/mol. The lowest BCUT2D eigenvalue weighted by atomic mass is 10.1. The van der Waals surface area contributed by atoms with E-state index < -0.39 is 0 Å². The lowest BCUT2D eigenvalue weighted by molar-refractivity contribution is 0.282. The molecule has 4 nitrogen and oxygen atoms in total. The molecule has 0 saturated carbocycles. The van der Waals surface area contributed by atoms with Crippen LogP contribution in [0.15, 0.2) is 4.99 Å². The van der Waals surface area contributed by atoms with E-state index in [1.807, 2.05) is 7.05 Å². The van der Waals surface area contributed by atoms with E-state index in [4.69, 9.17) is 0 Å². The van der Waals surface area contributed by atoms with Gasteiger partial charge >= 0.3 is 0 Å². The molecule has 1 rings (SSSR count). The van der Waals surface area contributed by atoms with Crippen molar-refractivity contribution in [1.82, 2.24) is 15.5 Å². The molecular formula is C16H34N4. The SMILES string of the molecule is CN=C(NCCCN1CCCCCC1)NCCC(C)C. The van der Waals surface area contributed by atoms with Crippen LogP contribution in [0, 0.1) is 5.92 Å². The molecule has 1 fully saturated rings. The van der Waals surface area contributed by atoms with Crippen molar-refractivity contribution in [2.24, 2.45) is 10.9 Å². The highest BCUT2D eigenvalue weighted by Crippen LogP contribution is 2.09. The predicted octanol–water partition coefficient (Wildman–Crippen LogP) is 2.46. The van der Waals surface area contributed by atoms with Crippen LogP contribution in [0.4, 0.5) is 0 Å². The molecule has 1 aliphatic heterocycles. The molecule has 0 bridgehead atoms. The van der Waals surface area contributed by atoms with Gasteiger partial charge in [-0.2, -0.15) is 0 Å². The van der Waals surface area contributed by atoms with Crippen molar-refractivity contribution < 1.29 is 0 Å². The number of likely N-dealkylation sites (tertiary alicyclic amines) is 1. The first kappa shape index (κ1) is 17.3. The Morgan fingerprint density at radius 2 is 1.70 bits per heavy atom. The molecule has 0 aliphatic carbocycles. The van der Waals surface area contributed by atoms with Gasteiger partial charge in [-0.1, -0.05) is 26.7 Å². The molecule has 1 heterocycles. The third kappa shape index (κ3) is 8.41.